The normalized spacial score (nSPS) is 9.25. The maximum Gasteiger partial charge on any atom is 0.131 e. The maximum absolute atomic E-state index is 13.5. The molecule has 0 spiro atoms. The molecule has 2 rings (SSSR count). The third kappa shape index (κ3) is 2.93. The first-order valence-corrected chi connectivity index (χ1v) is 5.59. The first-order chi connectivity index (χ1) is 7.77. The first kappa shape index (κ1) is 12.4. The van der Waals surface area contributed by atoms with Crippen LogP contribution in [-0.4, -0.2) is 0 Å². The Labute approximate surface area is 96.8 Å². The molecule has 16 heavy (non-hydrogen) atoms. The fraction of sp³-hybridized carbons (Fsp3) is 0.200. The van der Waals surface area contributed by atoms with Crippen LogP contribution in [-0.2, 0) is 0 Å². The van der Waals surface area contributed by atoms with Crippen molar-refractivity contribution >= 4 is 0 Å². The quantitative estimate of drug-likeness (QED) is 0.640. The van der Waals surface area contributed by atoms with Crippen LogP contribution in [0.4, 0.5) is 4.39 Å². The summed E-state index contributed by atoms with van der Waals surface area (Å²) in [7, 11) is 0. The lowest BCUT2D eigenvalue weighted by Gasteiger charge is -2.03. The summed E-state index contributed by atoms with van der Waals surface area (Å²) in [5.74, 6) is -0.156. The third-order valence-electron chi connectivity index (χ3n) is 2.21. The van der Waals surface area contributed by atoms with Crippen molar-refractivity contribution in [1.29, 1.82) is 0 Å². The molecule has 0 atom stereocenters. The van der Waals surface area contributed by atoms with Crippen molar-refractivity contribution in [2.75, 3.05) is 0 Å². The van der Waals surface area contributed by atoms with Gasteiger partial charge in [0.25, 0.3) is 0 Å². The molecule has 84 valence electrons. The van der Waals surface area contributed by atoms with E-state index in [1.165, 1.54) is 0 Å². The second kappa shape index (κ2) is 6.06. The van der Waals surface area contributed by atoms with E-state index in [1.54, 1.807) is 6.07 Å². The summed E-state index contributed by atoms with van der Waals surface area (Å²) in [6.45, 7) is 5.89. The molecular weight excluding hydrogens is 199 g/mol. The lowest BCUT2D eigenvalue weighted by atomic mass is 10.0. The Morgan fingerprint density at radius 2 is 1.50 bits per heavy atom. The van der Waals surface area contributed by atoms with Gasteiger partial charge in [-0.2, -0.15) is 0 Å². The molecule has 0 aliphatic carbocycles. The summed E-state index contributed by atoms with van der Waals surface area (Å²) in [6.07, 6.45) is 0. The molecule has 0 aromatic heterocycles. The van der Waals surface area contributed by atoms with E-state index in [9.17, 15) is 4.39 Å². The van der Waals surface area contributed by atoms with Gasteiger partial charge in [-0.15, -0.1) is 0 Å². The molecular formula is C15H17F. The van der Waals surface area contributed by atoms with Gasteiger partial charge >= 0.3 is 0 Å². The van der Waals surface area contributed by atoms with Gasteiger partial charge in [0.1, 0.15) is 5.82 Å². The average Bonchev–Trinajstić information content (AvgIpc) is 2.33. The van der Waals surface area contributed by atoms with Crippen LogP contribution in [0.5, 0.6) is 0 Å². The Kier molecular flexibility index (Phi) is 4.71. The number of benzene rings is 2. The lowest BCUT2D eigenvalue weighted by Crippen LogP contribution is -1.84. The molecule has 0 radical (unpaired) electrons. The highest BCUT2D eigenvalue weighted by atomic mass is 19.1. The Morgan fingerprint density at radius 3 is 2.06 bits per heavy atom. The molecule has 2 aromatic carbocycles. The molecule has 0 nitrogen and oxygen atoms in total. The molecule has 0 saturated carbocycles. The standard InChI is InChI=1S/C13H11F.C2H6/c1-10-7-8-12(13(14)9-10)11-5-3-2-4-6-11;1-2/h2-9H,1H3;1-2H3. The minimum atomic E-state index is -0.156. The molecule has 1 heteroatoms. The van der Waals surface area contributed by atoms with Crippen molar-refractivity contribution in [3.63, 3.8) is 0 Å². The summed E-state index contributed by atoms with van der Waals surface area (Å²) in [4.78, 5) is 0. The number of hydrogen-bond donors (Lipinski definition) is 0. The van der Waals surface area contributed by atoms with Crippen molar-refractivity contribution in [3.8, 4) is 11.1 Å². The van der Waals surface area contributed by atoms with Crippen molar-refractivity contribution < 1.29 is 4.39 Å². The fourth-order valence-electron chi connectivity index (χ4n) is 1.47. The van der Waals surface area contributed by atoms with Crippen LogP contribution in [0.2, 0.25) is 0 Å². The van der Waals surface area contributed by atoms with Crippen LogP contribution in [0.25, 0.3) is 11.1 Å². The summed E-state index contributed by atoms with van der Waals surface area (Å²) in [5.41, 5.74) is 2.53. The SMILES string of the molecule is CC.Cc1ccc(-c2ccccc2)c(F)c1. The van der Waals surface area contributed by atoms with Crippen LogP contribution in [0.15, 0.2) is 48.5 Å². The zero-order chi connectivity index (χ0) is 12.0. The summed E-state index contributed by atoms with van der Waals surface area (Å²) >= 11 is 0. The number of hydrogen-bond acceptors (Lipinski definition) is 0. The monoisotopic (exact) mass is 216 g/mol. The molecule has 0 heterocycles. The van der Waals surface area contributed by atoms with Gasteiger partial charge in [-0.3, -0.25) is 0 Å². The molecule has 0 saturated heterocycles. The number of halogens is 1. The van der Waals surface area contributed by atoms with Gasteiger partial charge in [0.05, 0.1) is 0 Å². The molecule has 0 fully saturated rings. The summed E-state index contributed by atoms with van der Waals surface area (Å²) in [6, 6.07) is 14.9. The zero-order valence-corrected chi connectivity index (χ0v) is 10.00. The molecule has 0 aliphatic rings. The predicted molar refractivity (Wildman–Crippen MR) is 67.9 cm³/mol. The topological polar surface area (TPSA) is 0 Å². The van der Waals surface area contributed by atoms with E-state index in [0.717, 1.165) is 11.1 Å². The van der Waals surface area contributed by atoms with Crippen LogP contribution in [0.3, 0.4) is 0 Å². The van der Waals surface area contributed by atoms with Gasteiger partial charge in [-0.25, -0.2) is 4.39 Å². The highest BCUT2D eigenvalue weighted by Crippen LogP contribution is 2.22. The van der Waals surface area contributed by atoms with Crippen molar-refractivity contribution in [2.24, 2.45) is 0 Å². The predicted octanol–water partition coefficient (Wildman–Crippen LogP) is 4.83. The van der Waals surface area contributed by atoms with Gasteiger partial charge < -0.3 is 0 Å². The van der Waals surface area contributed by atoms with Gasteiger partial charge in [0.15, 0.2) is 0 Å². The Balaban J connectivity index is 0.000000606. The van der Waals surface area contributed by atoms with Gasteiger partial charge in [-0.05, 0) is 24.1 Å². The van der Waals surface area contributed by atoms with Crippen LogP contribution in [0, 0.1) is 12.7 Å². The summed E-state index contributed by atoms with van der Waals surface area (Å²) < 4.78 is 13.5. The van der Waals surface area contributed by atoms with E-state index in [4.69, 9.17) is 0 Å². The van der Waals surface area contributed by atoms with Crippen LogP contribution < -0.4 is 0 Å². The molecule has 0 bridgehead atoms. The summed E-state index contributed by atoms with van der Waals surface area (Å²) in [5, 5.41) is 0. The molecule has 2 aromatic rings. The van der Waals surface area contributed by atoms with E-state index in [1.807, 2.05) is 63.2 Å². The van der Waals surface area contributed by atoms with Gasteiger partial charge in [-0.1, -0.05) is 56.3 Å². The van der Waals surface area contributed by atoms with E-state index in [2.05, 4.69) is 0 Å². The average molecular weight is 216 g/mol. The molecule has 0 amide bonds. The largest absolute Gasteiger partial charge is 0.206 e. The van der Waals surface area contributed by atoms with Crippen LogP contribution in [0.1, 0.15) is 19.4 Å². The highest BCUT2D eigenvalue weighted by Gasteiger charge is 2.03. The lowest BCUT2D eigenvalue weighted by molar-refractivity contribution is 0.630. The van der Waals surface area contributed by atoms with Gasteiger partial charge in [0, 0.05) is 5.56 Å². The van der Waals surface area contributed by atoms with E-state index >= 15 is 0 Å². The second-order valence-corrected chi connectivity index (χ2v) is 3.35. The minimum absolute atomic E-state index is 0.156. The van der Waals surface area contributed by atoms with Crippen molar-refractivity contribution in [1.82, 2.24) is 0 Å². The molecule has 0 unspecified atom stereocenters. The maximum atomic E-state index is 13.5. The number of rotatable bonds is 1. The second-order valence-electron chi connectivity index (χ2n) is 3.35. The fourth-order valence-corrected chi connectivity index (χ4v) is 1.47. The van der Waals surface area contributed by atoms with E-state index < -0.39 is 0 Å². The zero-order valence-electron chi connectivity index (χ0n) is 10.00. The minimum Gasteiger partial charge on any atom is -0.206 e. The third-order valence-corrected chi connectivity index (χ3v) is 2.21. The Bertz CT molecular complexity index is 432. The highest BCUT2D eigenvalue weighted by molar-refractivity contribution is 5.64. The first-order valence-electron chi connectivity index (χ1n) is 5.59. The molecule has 0 N–H and O–H groups in total. The smallest absolute Gasteiger partial charge is 0.131 e. The van der Waals surface area contributed by atoms with Crippen LogP contribution >= 0.6 is 0 Å². The van der Waals surface area contributed by atoms with E-state index in [-0.39, 0.29) is 5.82 Å². The van der Waals surface area contributed by atoms with Gasteiger partial charge in [0.2, 0.25) is 0 Å². The number of aryl methyl sites for hydroxylation is 1. The Hall–Kier alpha value is -1.63. The van der Waals surface area contributed by atoms with Crippen molar-refractivity contribution in [3.05, 3.63) is 59.9 Å². The Morgan fingerprint density at radius 1 is 0.875 bits per heavy atom. The molecule has 0 aliphatic heterocycles. The van der Waals surface area contributed by atoms with Crippen molar-refractivity contribution in [2.45, 2.75) is 20.8 Å². The van der Waals surface area contributed by atoms with E-state index in [0.29, 0.717) is 5.56 Å².